The summed E-state index contributed by atoms with van der Waals surface area (Å²) in [6.45, 7) is 3.26. The Morgan fingerprint density at radius 1 is 1.19 bits per heavy atom. The molecule has 0 spiro atoms. The van der Waals surface area contributed by atoms with Crippen LogP contribution in [0.15, 0.2) is 48.8 Å². The first kappa shape index (κ1) is 16.1. The Labute approximate surface area is 149 Å². The molecule has 2 aromatic carbocycles. The molecule has 0 saturated heterocycles. The lowest BCUT2D eigenvalue weighted by atomic mass is 10.1. The van der Waals surface area contributed by atoms with Gasteiger partial charge in [0.2, 0.25) is 6.79 Å². The second-order valence-electron chi connectivity index (χ2n) is 5.81. The van der Waals surface area contributed by atoms with E-state index in [0.717, 1.165) is 17.0 Å². The summed E-state index contributed by atoms with van der Waals surface area (Å²) in [4.78, 5) is 14.7. The fourth-order valence-electron chi connectivity index (χ4n) is 2.83. The number of benzene rings is 2. The fraction of sp³-hybridized carbons (Fsp3) is 0.222. The molecule has 1 aliphatic heterocycles. The van der Waals surface area contributed by atoms with Crippen LogP contribution in [0.25, 0.3) is 5.69 Å². The SMILES string of the molecule is CCN(Cc1ccc2c(c1)OCO2)C(=O)c1cccc(-n2cnnn2)c1. The summed E-state index contributed by atoms with van der Waals surface area (Å²) < 4.78 is 12.3. The van der Waals surface area contributed by atoms with Crippen LogP contribution in [0.5, 0.6) is 11.5 Å². The van der Waals surface area contributed by atoms with Gasteiger partial charge in [0, 0.05) is 18.7 Å². The molecular weight excluding hydrogens is 334 g/mol. The van der Waals surface area contributed by atoms with Crippen LogP contribution in [-0.2, 0) is 6.54 Å². The molecule has 0 N–H and O–H groups in total. The maximum Gasteiger partial charge on any atom is 0.254 e. The minimum atomic E-state index is -0.0555. The number of hydrogen-bond donors (Lipinski definition) is 0. The standard InChI is InChI=1S/C18H17N5O3/c1-2-22(10-13-6-7-16-17(8-13)26-12-25-16)18(24)14-4-3-5-15(9-14)23-11-19-20-21-23/h3-9,11H,2,10,12H2,1H3. The number of carbonyl (C=O) groups excluding carboxylic acids is 1. The molecule has 4 rings (SSSR count). The largest absolute Gasteiger partial charge is 0.454 e. The van der Waals surface area contributed by atoms with Gasteiger partial charge in [-0.15, -0.1) is 5.10 Å². The normalized spacial score (nSPS) is 12.2. The molecule has 0 saturated carbocycles. The maximum atomic E-state index is 12.9. The van der Waals surface area contributed by atoms with Gasteiger partial charge in [-0.1, -0.05) is 12.1 Å². The summed E-state index contributed by atoms with van der Waals surface area (Å²) in [5.74, 6) is 1.39. The van der Waals surface area contributed by atoms with Crippen molar-refractivity contribution < 1.29 is 14.3 Å². The number of tetrazole rings is 1. The number of carbonyl (C=O) groups is 1. The van der Waals surface area contributed by atoms with E-state index in [4.69, 9.17) is 9.47 Å². The first-order valence-corrected chi connectivity index (χ1v) is 8.26. The summed E-state index contributed by atoms with van der Waals surface area (Å²) in [5, 5.41) is 11.1. The Morgan fingerprint density at radius 3 is 2.88 bits per heavy atom. The molecule has 1 aromatic heterocycles. The molecule has 26 heavy (non-hydrogen) atoms. The summed E-state index contributed by atoms with van der Waals surface area (Å²) in [6, 6.07) is 13.0. The molecule has 132 valence electrons. The van der Waals surface area contributed by atoms with Crippen LogP contribution < -0.4 is 9.47 Å². The minimum absolute atomic E-state index is 0.0555. The third-order valence-electron chi connectivity index (χ3n) is 4.19. The quantitative estimate of drug-likeness (QED) is 0.700. The highest BCUT2D eigenvalue weighted by Gasteiger charge is 2.18. The van der Waals surface area contributed by atoms with E-state index in [1.165, 1.54) is 11.0 Å². The van der Waals surface area contributed by atoms with E-state index >= 15 is 0 Å². The molecule has 8 heteroatoms. The summed E-state index contributed by atoms with van der Waals surface area (Å²) in [5.41, 5.74) is 2.31. The lowest BCUT2D eigenvalue weighted by Gasteiger charge is -2.21. The van der Waals surface area contributed by atoms with Crippen LogP contribution in [0.2, 0.25) is 0 Å². The van der Waals surface area contributed by atoms with Crippen LogP contribution in [0.1, 0.15) is 22.8 Å². The lowest BCUT2D eigenvalue weighted by molar-refractivity contribution is 0.0752. The molecule has 3 aromatic rings. The van der Waals surface area contributed by atoms with Gasteiger partial charge in [0.15, 0.2) is 11.5 Å². The number of amides is 1. The van der Waals surface area contributed by atoms with E-state index in [1.54, 1.807) is 17.0 Å². The van der Waals surface area contributed by atoms with Gasteiger partial charge in [-0.05, 0) is 53.2 Å². The van der Waals surface area contributed by atoms with Crippen molar-refractivity contribution in [2.75, 3.05) is 13.3 Å². The predicted octanol–water partition coefficient (Wildman–Crippen LogP) is 2.05. The lowest BCUT2D eigenvalue weighted by Crippen LogP contribution is -2.30. The average molecular weight is 351 g/mol. The van der Waals surface area contributed by atoms with Gasteiger partial charge < -0.3 is 14.4 Å². The summed E-state index contributed by atoms with van der Waals surface area (Å²) in [6.07, 6.45) is 1.49. The third-order valence-corrected chi connectivity index (χ3v) is 4.19. The van der Waals surface area contributed by atoms with Crippen LogP contribution in [0.4, 0.5) is 0 Å². The zero-order valence-electron chi connectivity index (χ0n) is 14.2. The number of ether oxygens (including phenoxy) is 2. The van der Waals surface area contributed by atoms with E-state index in [0.29, 0.717) is 24.4 Å². The third kappa shape index (κ3) is 3.08. The fourth-order valence-corrected chi connectivity index (χ4v) is 2.83. The molecule has 1 aliphatic rings. The monoisotopic (exact) mass is 351 g/mol. The molecule has 0 unspecified atom stereocenters. The van der Waals surface area contributed by atoms with Crippen LogP contribution in [0, 0.1) is 0 Å². The summed E-state index contributed by atoms with van der Waals surface area (Å²) in [7, 11) is 0. The predicted molar refractivity (Wildman–Crippen MR) is 92.1 cm³/mol. The molecular formula is C18H17N5O3. The van der Waals surface area contributed by atoms with Gasteiger partial charge in [-0.2, -0.15) is 0 Å². The van der Waals surface area contributed by atoms with Crippen molar-refractivity contribution in [3.05, 3.63) is 59.9 Å². The molecule has 2 heterocycles. The van der Waals surface area contributed by atoms with Gasteiger partial charge >= 0.3 is 0 Å². The molecule has 0 bridgehead atoms. The first-order chi connectivity index (χ1) is 12.7. The van der Waals surface area contributed by atoms with Crippen LogP contribution in [-0.4, -0.2) is 44.4 Å². The maximum absolute atomic E-state index is 12.9. The molecule has 0 atom stereocenters. The second-order valence-corrected chi connectivity index (χ2v) is 5.81. The van der Waals surface area contributed by atoms with Crippen molar-refractivity contribution in [2.24, 2.45) is 0 Å². The van der Waals surface area contributed by atoms with Crippen molar-refractivity contribution in [1.82, 2.24) is 25.1 Å². The van der Waals surface area contributed by atoms with Crippen LogP contribution >= 0.6 is 0 Å². The van der Waals surface area contributed by atoms with Crippen molar-refractivity contribution in [3.63, 3.8) is 0 Å². The Balaban J connectivity index is 1.55. The Hall–Kier alpha value is -3.42. The molecule has 1 amide bonds. The first-order valence-electron chi connectivity index (χ1n) is 8.26. The zero-order chi connectivity index (χ0) is 17.9. The van der Waals surface area contributed by atoms with Gasteiger partial charge in [0.05, 0.1) is 5.69 Å². The Morgan fingerprint density at radius 2 is 2.08 bits per heavy atom. The van der Waals surface area contributed by atoms with Crippen molar-refractivity contribution in [2.45, 2.75) is 13.5 Å². The number of fused-ring (bicyclic) bond motifs is 1. The minimum Gasteiger partial charge on any atom is -0.454 e. The molecule has 0 aliphatic carbocycles. The number of rotatable bonds is 5. The second kappa shape index (κ2) is 6.83. The number of aromatic nitrogens is 4. The Bertz CT molecular complexity index is 926. The van der Waals surface area contributed by atoms with Gasteiger partial charge in [-0.3, -0.25) is 4.79 Å². The highest BCUT2D eigenvalue weighted by molar-refractivity contribution is 5.94. The van der Waals surface area contributed by atoms with E-state index in [2.05, 4.69) is 15.5 Å². The van der Waals surface area contributed by atoms with Crippen molar-refractivity contribution in [1.29, 1.82) is 0 Å². The Kier molecular flexibility index (Phi) is 4.22. The van der Waals surface area contributed by atoms with Crippen molar-refractivity contribution in [3.8, 4) is 17.2 Å². The highest BCUT2D eigenvalue weighted by Crippen LogP contribution is 2.32. The van der Waals surface area contributed by atoms with Gasteiger partial charge in [0.1, 0.15) is 6.33 Å². The van der Waals surface area contributed by atoms with E-state index in [-0.39, 0.29) is 12.7 Å². The average Bonchev–Trinajstić information content (AvgIpc) is 3.37. The molecule has 0 fully saturated rings. The zero-order valence-corrected chi connectivity index (χ0v) is 14.2. The molecule has 0 radical (unpaired) electrons. The van der Waals surface area contributed by atoms with Crippen LogP contribution in [0.3, 0.4) is 0 Å². The topological polar surface area (TPSA) is 82.4 Å². The van der Waals surface area contributed by atoms with E-state index < -0.39 is 0 Å². The van der Waals surface area contributed by atoms with E-state index in [9.17, 15) is 4.79 Å². The molecule has 8 nitrogen and oxygen atoms in total. The smallest absolute Gasteiger partial charge is 0.254 e. The van der Waals surface area contributed by atoms with Gasteiger partial charge in [0.25, 0.3) is 5.91 Å². The van der Waals surface area contributed by atoms with Crippen molar-refractivity contribution >= 4 is 5.91 Å². The number of hydrogen-bond acceptors (Lipinski definition) is 6. The van der Waals surface area contributed by atoms with E-state index in [1.807, 2.05) is 37.3 Å². The highest BCUT2D eigenvalue weighted by atomic mass is 16.7. The number of nitrogens with zero attached hydrogens (tertiary/aromatic N) is 5. The summed E-state index contributed by atoms with van der Waals surface area (Å²) >= 11 is 0. The van der Waals surface area contributed by atoms with Gasteiger partial charge in [-0.25, -0.2) is 4.68 Å².